The Morgan fingerprint density at radius 3 is 2.77 bits per heavy atom. The fourth-order valence-electron chi connectivity index (χ4n) is 3.15. The lowest BCUT2D eigenvalue weighted by Gasteiger charge is -2.23. The van der Waals surface area contributed by atoms with Crippen molar-refractivity contribution < 1.29 is 13.9 Å². The van der Waals surface area contributed by atoms with Crippen LogP contribution < -0.4 is 15.8 Å². The van der Waals surface area contributed by atoms with Crippen molar-refractivity contribution in [3.05, 3.63) is 47.2 Å². The van der Waals surface area contributed by atoms with Crippen molar-refractivity contribution >= 4 is 28.4 Å². The number of halogens is 1. The molecule has 0 aliphatic rings. The summed E-state index contributed by atoms with van der Waals surface area (Å²) in [7, 11) is 3.21. The van der Waals surface area contributed by atoms with Gasteiger partial charge in [0.15, 0.2) is 5.75 Å². The largest absolute Gasteiger partial charge is 0.491 e. The lowest BCUT2D eigenvalue weighted by atomic mass is 10.0. The number of nitrogen functional groups attached to an aromatic ring is 1. The predicted molar refractivity (Wildman–Crippen MR) is 114 cm³/mol. The number of nitriles is 1. The van der Waals surface area contributed by atoms with Gasteiger partial charge in [-0.25, -0.2) is 19.3 Å². The molecule has 1 amide bonds. The summed E-state index contributed by atoms with van der Waals surface area (Å²) in [6, 6.07) is 5.49. The van der Waals surface area contributed by atoms with Gasteiger partial charge in [-0.2, -0.15) is 5.26 Å². The van der Waals surface area contributed by atoms with Gasteiger partial charge < -0.3 is 20.7 Å². The molecule has 160 valence electrons. The fourth-order valence-corrected chi connectivity index (χ4v) is 3.15. The lowest BCUT2D eigenvalue weighted by molar-refractivity contribution is 0.0825. The summed E-state index contributed by atoms with van der Waals surface area (Å²) in [5, 5.41) is 12.8. The van der Waals surface area contributed by atoms with Crippen LogP contribution >= 0.6 is 0 Å². The Labute approximate surface area is 178 Å². The maximum Gasteiger partial charge on any atom is 0.257 e. The first-order valence-electron chi connectivity index (χ1n) is 9.53. The molecule has 1 atom stereocenters. The number of carbonyl (C=O) groups is 1. The van der Waals surface area contributed by atoms with Crippen LogP contribution in [-0.4, -0.2) is 46.5 Å². The minimum Gasteiger partial charge on any atom is -0.491 e. The van der Waals surface area contributed by atoms with Gasteiger partial charge in [0, 0.05) is 19.5 Å². The molecular weight excluding hydrogens is 401 g/mol. The molecule has 3 aromatic rings. The number of hydrogen-bond donors (Lipinski definition) is 2. The van der Waals surface area contributed by atoms with Crippen LogP contribution in [0.4, 0.5) is 16.0 Å². The molecule has 0 bridgehead atoms. The number of fused-ring (bicyclic) bond motifs is 1. The molecule has 10 heteroatoms. The summed E-state index contributed by atoms with van der Waals surface area (Å²) >= 11 is 0. The second-order valence-corrected chi connectivity index (χ2v) is 6.96. The topological polar surface area (TPSA) is 130 Å². The number of pyridine rings is 1. The van der Waals surface area contributed by atoms with Crippen LogP contribution in [0.5, 0.6) is 5.75 Å². The average molecular weight is 423 g/mol. The van der Waals surface area contributed by atoms with E-state index in [0.717, 1.165) is 0 Å². The summed E-state index contributed by atoms with van der Waals surface area (Å²) in [5.41, 5.74) is 6.92. The minimum atomic E-state index is -0.536. The maximum atomic E-state index is 14.0. The third kappa shape index (κ3) is 4.16. The van der Waals surface area contributed by atoms with E-state index in [9.17, 15) is 14.4 Å². The van der Waals surface area contributed by atoms with Gasteiger partial charge in [-0.1, -0.05) is 0 Å². The highest BCUT2D eigenvalue weighted by atomic mass is 19.1. The molecule has 31 heavy (non-hydrogen) atoms. The molecule has 1 aromatic carbocycles. The zero-order valence-electron chi connectivity index (χ0n) is 17.6. The van der Waals surface area contributed by atoms with Crippen LogP contribution in [0.2, 0.25) is 0 Å². The van der Waals surface area contributed by atoms with Gasteiger partial charge >= 0.3 is 0 Å². The van der Waals surface area contributed by atoms with Crippen molar-refractivity contribution in [3.63, 3.8) is 0 Å². The molecule has 0 spiro atoms. The second kappa shape index (κ2) is 8.79. The van der Waals surface area contributed by atoms with E-state index in [1.807, 2.05) is 6.07 Å². The van der Waals surface area contributed by atoms with E-state index in [1.165, 1.54) is 29.4 Å². The van der Waals surface area contributed by atoms with Gasteiger partial charge in [0.25, 0.3) is 5.91 Å². The Morgan fingerprint density at radius 1 is 1.39 bits per heavy atom. The molecule has 9 nitrogen and oxygen atoms in total. The quantitative estimate of drug-likeness (QED) is 0.619. The molecule has 1 unspecified atom stereocenters. The van der Waals surface area contributed by atoms with Gasteiger partial charge in [-0.3, -0.25) is 4.79 Å². The Balaban J connectivity index is 2.23. The average Bonchev–Trinajstić information content (AvgIpc) is 2.73. The first kappa shape index (κ1) is 21.7. The molecule has 3 rings (SSSR count). The Morgan fingerprint density at radius 2 is 2.13 bits per heavy atom. The second-order valence-electron chi connectivity index (χ2n) is 6.96. The minimum absolute atomic E-state index is 0.0441. The van der Waals surface area contributed by atoms with Crippen LogP contribution in [0, 0.1) is 17.1 Å². The first-order chi connectivity index (χ1) is 14.8. The number of anilines is 2. The molecule has 0 saturated heterocycles. The van der Waals surface area contributed by atoms with Gasteiger partial charge in [0.2, 0.25) is 0 Å². The summed E-state index contributed by atoms with van der Waals surface area (Å²) in [4.78, 5) is 27.0. The first-order valence-corrected chi connectivity index (χ1v) is 9.53. The van der Waals surface area contributed by atoms with E-state index in [2.05, 4.69) is 20.3 Å². The number of nitrogens with two attached hydrogens (primary N) is 1. The molecule has 0 saturated carbocycles. The molecular formula is C21H22FN7O2. The van der Waals surface area contributed by atoms with Gasteiger partial charge in [0.1, 0.15) is 41.1 Å². The fraction of sp³-hybridized carbons (Fsp3) is 0.286. The molecule has 2 heterocycles. The molecule has 0 aliphatic carbocycles. The van der Waals surface area contributed by atoms with Crippen molar-refractivity contribution in [3.8, 4) is 11.8 Å². The summed E-state index contributed by atoms with van der Waals surface area (Å²) in [5.74, 6) is -0.327. The number of nitrogens with one attached hydrogen (secondary N) is 1. The zero-order valence-corrected chi connectivity index (χ0v) is 17.6. The summed E-state index contributed by atoms with van der Waals surface area (Å²) in [6.45, 7) is 3.82. The van der Waals surface area contributed by atoms with Crippen LogP contribution in [-0.2, 0) is 0 Å². The SMILES string of the molecule is CCOc1c(C(C)Nc2ncnc(N)c2C#N)nc2ccc(F)cc2c1C(=O)N(C)C. The summed E-state index contributed by atoms with van der Waals surface area (Å²) < 4.78 is 19.8. The normalized spacial score (nSPS) is 11.6. The van der Waals surface area contributed by atoms with Gasteiger partial charge in [-0.15, -0.1) is 0 Å². The molecule has 0 aliphatic heterocycles. The predicted octanol–water partition coefficient (Wildman–Crippen LogP) is 2.89. The van der Waals surface area contributed by atoms with Crippen LogP contribution in [0.1, 0.15) is 41.5 Å². The zero-order chi connectivity index (χ0) is 22.7. The van der Waals surface area contributed by atoms with Crippen molar-refractivity contribution in [1.29, 1.82) is 5.26 Å². The third-order valence-electron chi connectivity index (χ3n) is 4.59. The van der Waals surface area contributed by atoms with Gasteiger partial charge in [0.05, 0.1) is 23.7 Å². The highest BCUT2D eigenvalue weighted by molar-refractivity contribution is 6.08. The van der Waals surface area contributed by atoms with Crippen LogP contribution in [0.15, 0.2) is 24.5 Å². The van der Waals surface area contributed by atoms with Crippen molar-refractivity contribution in [2.45, 2.75) is 19.9 Å². The van der Waals surface area contributed by atoms with Gasteiger partial charge in [-0.05, 0) is 32.0 Å². The standard InChI is InChI=1S/C21H22FN7O2/c1-5-31-18-16(21(30)29(3)4)13-8-12(22)6-7-15(13)28-17(18)11(2)27-20-14(9-23)19(24)25-10-26-20/h6-8,10-11H,5H2,1-4H3,(H3,24,25,26,27). The Kier molecular flexibility index (Phi) is 6.15. The maximum absolute atomic E-state index is 14.0. The molecule has 0 fully saturated rings. The Hall–Kier alpha value is -4.00. The molecule has 2 aromatic heterocycles. The van der Waals surface area contributed by atoms with Crippen LogP contribution in [0.25, 0.3) is 10.9 Å². The number of carbonyl (C=O) groups excluding carboxylic acids is 1. The van der Waals surface area contributed by atoms with Crippen molar-refractivity contribution in [2.24, 2.45) is 0 Å². The van der Waals surface area contributed by atoms with E-state index in [0.29, 0.717) is 16.6 Å². The lowest BCUT2D eigenvalue weighted by Crippen LogP contribution is -2.24. The number of nitrogens with zero attached hydrogens (tertiary/aromatic N) is 5. The third-order valence-corrected chi connectivity index (χ3v) is 4.59. The number of rotatable bonds is 6. The van der Waals surface area contributed by atoms with E-state index in [1.54, 1.807) is 27.9 Å². The molecule has 3 N–H and O–H groups in total. The molecule has 0 radical (unpaired) electrons. The van der Waals surface area contributed by atoms with E-state index < -0.39 is 11.9 Å². The Bertz CT molecular complexity index is 1190. The number of benzene rings is 1. The van der Waals surface area contributed by atoms with Crippen molar-refractivity contribution in [1.82, 2.24) is 19.9 Å². The van der Waals surface area contributed by atoms with E-state index in [-0.39, 0.29) is 41.0 Å². The number of hydrogen-bond acceptors (Lipinski definition) is 8. The monoisotopic (exact) mass is 423 g/mol. The number of aromatic nitrogens is 3. The highest BCUT2D eigenvalue weighted by Gasteiger charge is 2.27. The van der Waals surface area contributed by atoms with Crippen LogP contribution in [0.3, 0.4) is 0 Å². The number of amides is 1. The van der Waals surface area contributed by atoms with Crippen molar-refractivity contribution in [2.75, 3.05) is 31.8 Å². The highest BCUT2D eigenvalue weighted by Crippen LogP contribution is 2.36. The smallest absolute Gasteiger partial charge is 0.257 e. The number of ether oxygens (including phenoxy) is 1. The summed E-state index contributed by atoms with van der Waals surface area (Å²) in [6.07, 6.45) is 1.24. The van der Waals surface area contributed by atoms with E-state index >= 15 is 0 Å². The van der Waals surface area contributed by atoms with E-state index in [4.69, 9.17) is 10.5 Å².